The van der Waals surface area contributed by atoms with Crippen molar-refractivity contribution in [2.24, 2.45) is 0 Å². The number of aromatic nitrogens is 2. The fraction of sp³-hybridized carbons (Fsp3) is 0.108. The van der Waals surface area contributed by atoms with Crippen LogP contribution in [0.25, 0.3) is 10.9 Å². The van der Waals surface area contributed by atoms with Gasteiger partial charge in [-0.05, 0) is 46.9 Å². The molecule has 6 nitrogen and oxygen atoms in total. The summed E-state index contributed by atoms with van der Waals surface area (Å²) in [7, 11) is 0. The molecule has 0 aliphatic carbocycles. The predicted molar refractivity (Wildman–Crippen MR) is 168 cm³/mol. The number of anilines is 1. The first kappa shape index (κ1) is 26.4. The molecular formula is C37H30N4O2. The van der Waals surface area contributed by atoms with Gasteiger partial charge in [0.15, 0.2) is 5.82 Å². The number of hydrogen-bond acceptors (Lipinski definition) is 4. The minimum Gasteiger partial charge on any atom is -0.382 e. The molecule has 1 aliphatic heterocycles. The first-order valence-electron chi connectivity index (χ1n) is 14.4. The summed E-state index contributed by atoms with van der Waals surface area (Å²) in [5.74, 6) is -0.234. The number of carbonyl (C=O) groups excluding carboxylic acids is 2. The van der Waals surface area contributed by atoms with Crippen LogP contribution in [0.2, 0.25) is 0 Å². The van der Waals surface area contributed by atoms with Crippen molar-refractivity contribution in [3.63, 3.8) is 0 Å². The van der Waals surface area contributed by atoms with Crippen LogP contribution in [0, 0.1) is 0 Å². The average Bonchev–Trinajstić information content (AvgIpc) is 3.37. The number of nitrogens with two attached hydrogens (primary N) is 1. The minimum atomic E-state index is -0.884. The normalized spacial score (nSPS) is 14.1. The summed E-state index contributed by atoms with van der Waals surface area (Å²) < 4.78 is 1.96. The Labute approximate surface area is 250 Å². The zero-order valence-corrected chi connectivity index (χ0v) is 23.7. The van der Waals surface area contributed by atoms with Gasteiger partial charge in [0.05, 0.1) is 18.0 Å². The molecule has 0 unspecified atom stereocenters. The quantitative estimate of drug-likeness (QED) is 0.180. The van der Waals surface area contributed by atoms with Crippen molar-refractivity contribution in [1.29, 1.82) is 0 Å². The van der Waals surface area contributed by atoms with E-state index in [0.29, 0.717) is 22.3 Å². The third kappa shape index (κ3) is 4.14. The van der Waals surface area contributed by atoms with Gasteiger partial charge in [-0.1, -0.05) is 121 Å². The Morgan fingerprint density at radius 3 is 1.72 bits per heavy atom. The van der Waals surface area contributed by atoms with Crippen molar-refractivity contribution in [2.45, 2.75) is 24.9 Å². The number of amides is 2. The Morgan fingerprint density at radius 2 is 1.21 bits per heavy atom. The summed E-state index contributed by atoms with van der Waals surface area (Å²) in [5.41, 5.74) is 11.6. The monoisotopic (exact) mass is 562 g/mol. The van der Waals surface area contributed by atoms with Crippen LogP contribution in [0.5, 0.6) is 0 Å². The number of rotatable bonds is 6. The van der Waals surface area contributed by atoms with Crippen LogP contribution in [0.1, 0.15) is 51.1 Å². The molecule has 0 saturated carbocycles. The van der Waals surface area contributed by atoms with E-state index in [1.54, 1.807) is 0 Å². The second kappa shape index (κ2) is 10.4. The highest BCUT2D eigenvalue weighted by Gasteiger charge is 2.42. The maximum absolute atomic E-state index is 13.9. The lowest BCUT2D eigenvalue weighted by Crippen LogP contribution is -2.43. The van der Waals surface area contributed by atoms with E-state index < -0.39 is 11.6 Å². The molecule has 0 spiro atoms. The summed E-state index contributed by atoms with van der Waals surface area (Å²) in [6.07, 6.45) is 0.105. The molecule has 2 N–H and O–H groups in total. The van der Waals surface area contributed by atoms with Crippen LogP contribution in [-0.4, -0.2) is 26.5 Å². The maximum atomic E-state index is 13.9. The van der Waals surface area contributed by atoms with Crippen molar-refractivity contribution < 1.29 is 9.59 Å². The van der Waals surface area contributed by atoms with Gasteiger partial charge in [-0.2, -0.15) is 5.10 Å². The molecule has 1 aliphatic rings. The van der Waals surface area contributed by atoms with Gasteiger partial charge in [-0.3, -0.25) is 14.5 Å². The van der Waals surface area contributed by atoms with Gasteiger partial charge in [0.2, 0.25) is 5.91 Å². The zero-order valence-electron chi connectivity index (χ0n) is 23.7. The van der Waals surface area contributed by atoms with Crippen molar-refractivity contribution in [3.05, 3.63) is 167 Å². The summed E-state index contributed by atoms with van der Waals surface area (Å²) in [6, 6.07) is 43.6. The fourth-order valence-electron chi connectivity index (χ4n) is 6.50. The number of benzene rings is 5. The molecule has 0 bridgehead atoms. The topological polar surface area (TPSA) is 81.2 Å². The van der Waals surface area contributed by atoms with Gasteiger partial charge in [0.25, 0.3) is 5.91 Å². The highest BCUT2D eigenvalue weighted by atomic mass is 16.2. The Bertz CT molecular complexity index is 1860. The third-order valence-corrected chi connectivity index (χ3v) is 8.55. The van der Waals surface area contributed by atoms with Crippen LogP contribution >= 0.6 is 0 Å². The van der Waals surface area contributed by atoms with E-state index in [4.69, 9.17) is 10.8 Å². The van der Waals surface area contributed by atoms with Crippen LogP contribution in [-0.2, 0) is 16.8 Å². The zero-order chi connectivity index (χ0) is 29.6. The predicted octanol–water partition coefficient (Wildman–Crippen LogP) is 6.74. The van der Waals surface area contributed by atoms with Gasteiger partial charge >= 0.3 is 0 Å². The molecule has 1 aromatic heterocycles. The lowest BCUT2D eigenvalue weighted by Gasteiger charge is -2.37. The Kier molecular flexibility index (Phi) is 6.39. The molecule has 210 valence electrons. The molecule has 2 heterocycles. The molecular weight excluding hydrogens is 532 g/mol. The smallest absolute Gasteiger partial charge is 0.261 e. The van der Waals surface area contributed by atoms with E-state index in [-0.39, 0.29) is 18.2 Å². The molecule has 43 heavy (non-hydrogen) atoms. The van der Waals surface area contributed by atoms with Gasteiger partial charge in [0, 0.05) is 10.9 Å². The first-order chi connectivity index (χ1) is 21.0. The van der Waals surface area contributed by atoms with E-state index in [0.717, 1.165) is 27.8 Å². The Hall–Kier alpha value is -5.49. The second-order valence-corrected chi connectivity index (χ2v) is 11.0. The van der Waals surface area contributed by atoms with Gasteiger partial charge in [-0.25, -0.2) is 4.68 Å². The number of imide groups is 1. The van der Waals surface area contributed by atoms with Crippen LogP contribution in [0.3, 0.4) is 0 Å². The number of nitrogen functional groups attached to an aromatic ring is 1. The molecule has 5 aromatic carbocycles. The molecule has 1 atom stereocenters. The van der Waals surface area contributed by atoms with E-state index in [9.17, 15) is 9.59 Å². The number of carbonyl (C=O) groups is 2. The van der Waals surface area contributed by atoms with Crippen molar-refractivity contribution in [1.82, 2.24) is 14.7 Å². The molecule has 0 fully saturated rings. The van der Waals surface area contributed by atoms with Gasteiger partial charge in [-0.15, -0.1) is 0 Å². The lowest BCUT2D eigenvalue weighted by atomic mass is 9.77. The van der Waals surface area contributed by atoms with Gasteiger partial charge in [0.1, 0.15) is 5.54 Å². The van der Waals surface area contributed by atoms with Crippen LogP contribution in [0.15, 0.2) is 133 Å². The van der Waals surface area contributed by atoms with E-state index in [2.05, 4.69) is 36.4 Å². The van der Waals surface area contributed by atoms with Crippen LogP contribution in [0.4, 0.5) is 5.82 Å². The van der Waals surface area contributed by atoms with Crippen LogP contribution < -0.4 is 5.73 Å². The summed E-state index contributed by atoms with van der Waals surface area (Å²) in [4.78, 5) is 28.8. The standard InChI is InChI=1S/C37H30N4O2/c1-25(26-14-6-2-7-15-26)40-34(42)23-27-22-33-32(24-31(27)36(40)43)35(38)39-41(33)37(28-16-8-3-9-17-28,29-18-10-4-11-19-29)30-20-12-5-13-21-30/h2-22,24-25H,23H2,1H3,(H2,38,39)/t25-/m1/s1. The molecule has 7 rings (SSSR count). The lowest BCUT2D eigenvalue weighted by molar-refractivity contribution is -0.130. The first-order valence-corrected chi connectivity index (χ1v) is 14.4. The second-order valence-electron chi connectivity index (χ2n) is 11.0. The Morgan fingerprint density at radius 1 is 0.721 bits per heavy atom. The van der Waals surface area contributed by atoms with E-state index in [1.807, 2.05) is 109 Å². The largest absolute Gasteiger partial charge is 0.382 e. The third-order valence-electron chi connectivity index (χ3n) is 8.55. The number of hydrogen-bond donors (Lipinski definition) is 1. The summed E-state index contributed by atoms with van der Waals surface area (Å²) in [5, 5.41) is 5.66. The van der Waals surface area contributed by atoms with E-state index >= 15 is 0 Å². The molecule has 6 aromatic rings. The van der Waals surface area contributed by atoms with Crippen molar-refractivity contribution in [3.8, 4) is 0 Å². The van der Waals surface area contributed by atoms with E-state index in [1.165, 1.54) is 4.90 Å². The summed E-state index contributed by atoms with van der Waals surface area (Å²) >= 11 is 0. The van der Waals surface area contributed by atoms with Gasteiger partial charge < -0.3 is 5.73 Å². The number of fused-ring (bicyclic) bond motifs is 2. The summed E-state index contributed by atoms with van der Waals surface area (Å²) in [6.45, 7) is 1.88. The molecule has 6 heteroatoms. The SMILES string of the molecule is C[C@H](c1ccccc1)N1C(=O)Cc2cc3c(cc2C1=O)c(N)nn3C(c1ccccc1)(c1ccccc1)c1ccccc1. The van der Waals surface area contributed by atoms with Crippen molar-refractivity contribution >= 4 is 28.5 Å². The minimum absolute atomic E-state index is 0.105. The fourth-order valence-corrected chi connectivity index (χ4v) is 6.50. The number of nitrogens with zero attached hydrogens (tertiary/aromatic N) is 3. The molecule has 0 saturated heterocycles. The maximum Gasteiger partial charge on any atom is 0.261 e. The molecule has 2 amide bonds. The highest BCUT2D eigenvalue weighted by molar-refractivity contribution is 6.12. The highest BCUT2D eigenvalue weighted by Crippen LogP contribution is 2.44. The Balaban J connectivity index is 1.47. The average molecular weight is 563 g/mol. The van der Waals surface area contributed by atoms with Crippen molar-refractivity contribution in [2.75, 3.05) is 5.73 Å². The molecule has 0 radical (unpaired) electrons.